The number of aliphatic imine (C=N–C) groups is 1. The van der Waals surface area contributed by atoms with E-state index in [1.165, 1.54) is 0 Å². The summed E-state index contributed by atoms with van der Waals surface area (Å²) in [7, 11) is 0. The first kappa shape index (κ1) is 14.6. The second-order valence-corrected chi connectivity index (χ2v) is 6.11. The van der Waals surface area contributed by atoms with Gasteiger partial charge in [0.05, 0.1) is 21.6 Å². The maximum absolute atomic E-state index is 11.8. The van der Waals surface area contributed by atoms with Crippen molar-refractivity contribution < 1.29 is 4.79 Å². The number of carbonyl (C=O) groups is 1. The Morgan fingerprint density at radius 1 is 1.00 bits per heavy atom. The van der Waals surface area contributed by atoms with Crippen molar-refractivity contribution in [2.75, 3.05) is 0 Å². The van der Waals surface area contributed by atoms with Crippen molar-refractivity contribution >= 4 is 45.6 Å². The Bertz CT molecular complexity index is 977. The second kappa shape index (κ2) is 6.25. The predicted molar refractivity (Wildman–Crippen MR) is 97.2 cm³/mol. The van der Waals surface area contributed by atoms with E-state index in [9.17, 15) is 4.79 Å². The van der Waals surface area contributed by atoms with Gasteiger partial charge < -0.3 is 5.32 Å². The molecule has 1 amide bonds. The fraction of sp³-hybridized carbons (Fsp3) is 0. The highest BCUT2D eigenvalue weighted by Crippen LogP contribution is 2.29. The first-order valence-electron chi connectivity index (χ1n) is 7.34. The Morgan fingerprint density at radius 2 is 1.83 bits per heavy atom. The maximum Gasteiger partial charge on any atom is 0.289 e. The van der Waals surface area contributed by atoms with Gasteiger partial charge in [0.15, 0.2) is 0 Å². The fourth-order valence-electron chi connectivity index (χ4n) is 2.42. The van der Waals surface area contributed by atoms with Crippen LogP contribution in [0.2, 0.25) is 0 Å². The number of rotatable bonds is 2. The van der Waals surface area contributed by atoms with Gasteiger partial charge >= 0.3 is 0 Å². The number of amides is 1. The minimum absolute atomic E-state index is 0.137. The van der Waals surface area contributed by atoms with Crippen LogP contribution in [0.5, 0.6) is 0 Å². The lowest BCUT2D eigenvalue weighted by atomic mass is 10.1. The number of para-hydroxylation sites is 2. The molecular formula is C18H12N4OS. The Morgan fingerprint density at radius 3 is 2.71 bits per heavy atom. The van der Waals surface area contributed by atoms with E-state index in [1.54, 1.807) is 12.4 Å². The van der Waals surface area contributed by atoms with E-state index in [2.05, 4.69) is 20.3 Å². The molecule has 0 saturated carbocycles. The molecule has 4 rings (SSSR count). The Balaban J connectivity index is 1.79. The van der Waals surface area contributed by atoms with Gasteiger partial charge in [-0.3, -0.25) is 14.8 Å². The average molecular weight is 332 g/mol. The van der Waals surface area contributed by atoms with Crippen LogP contribution < -0.4 is 5.32 Å². The van der Waals surface area contributed by atoms with Gasteiger partial charge in [0.1, 0.15) is 5.84 Å². The van der Waals surface area contributed by atoms with Gasteiger partial charge in [-0.05, 0) is 36.0 Å². The second-order valence-electron chi connectivity index (χ2n) is 5.09. The molecule has 0 bridgehead atoms. The summed E-state index contributed by atoms with van der Waals surface area (Å²) in [5, 5.41) is 2.65. The summed E-state index contributed by atoms with van der Waals surface area (Å²) in [6.07, 6.45) is 5.24. The van der Waals surface area contributed by atoms with Gasteiger partial charge in [-0.2, -0.15) is 0 Å². The van der Waals surface area contributed by atoms with Gasteiger partial charge in [-0.25, -0.2) is 4.99 Å². The zero-order chi connectivity index (χ0) is 16.4. The molecule has 1 aromatic heterocycles. The lowest BCUT2D eigenvalue weighted by Gasteiger charge is -2.02. The number of thioether (sulfide) groups is 1. The van der Waals surface area contributed by atoms with Crippen LogP contribution in [0.25, 0.3) is 17.1 Å². The molecule has 0 unspecified atom stereocenters. The van der Waals surface area contributed by atoms with Crippen molar-refractivity contribution in [3.05, 3.63) is 71.4 Å². The SMILES string of the molecule is O=C1NC(=Nc2ccccc2)C(=Cc2cccc3nccnc23)S1. The highest BCUT2D eigenvalue weighted by atomic mass is 32.2. The molecule has 0 spiro atoms. The van der Waals surface area contributed by atoms with Crippen LogP contribution in [0.3, 0.4) is 0 Å². The molecular weight excluding hydrogens is 320 g/mol. The number of hydrogen-bond donors (Lipinski definition) is 1. The molecule has 6 heteroatoms. The highest BCUT2D eigenvalue weighted by molar-refractivity contribution is 8.18. The number of nitrogens with zero attached hydrogens (tertiary/aromatic N) is 3. The first-order chi connectivity index (χ1) is 11.8. The molecule has 2 heterocycles. The summed E-state index contributed by atoms with van der Waals surface area (Å²) < 4.78 is 0. The zero-order valence-electron chi connectivity index (χ0n) is 12.5. The molecule has 1 fully saturated rings. The molecule has 0 aliphatic carbocycles. The Kier molecular flexibility index (Phi) is 3.80. The maximum atomic E-state index is 11.8. The standard InChI is InChI=1S/C18H12N4OS/c23-18-22-17(21-13-6-2-1-3-7-13)15(24-18)11-12-5-4-8-14-16(12)20-10-9-19-14/h1-11H,(H,21,22,23). The van der Waals surface area contributed by atoms with Crippen molar-refractivity contribution in [1.29, 1.82) is 0 Å². The zero-order valence-corrected chi connectivity index (χ0v) is 13.3. The van der Waals surface area contributed by atoms with Gasteiger partial charge in [0.2, 0.25) is 0 Å². The minimum atomic E-state index is -0.137. The van der Waals surface area contributed by atoms with Crippen LogP contribution in [0.4, 0.5) is 10.5 Å². The third-order valence-corrected chi connectivity index (χ3v) is 4.29. The van der Waals surface area contributed by atoms with Gasteiger partial charge in [-0.1, -0.05) is 30.3 Å². The number of fused-ring (bicyclic) bond motifs is 1. The third-order valence-electron chi connectivity index (χ3n) is 3.47. The van der Waals surface area contributed by atoms with Crippen LogP contribution in [0.1, 0.15) is 5.56 Å². The lowest BCUT2D eigenvalue weighted by Crippen LogP contribution is -2.18. The minimum Gasteiger partial charge on any atom is -0.300 e. The largest absolute Gasteiger partial charge is 0.300 e. The van der Waals surface area contributed by atoms with Crippen LogP contribution in [0.15, 0.2) is 70.8 Å². The number of hydrogen-bond acceptors (Lipinski definition) is 5. The van der Waals surface area contributed by atoms with Gasteiger partial charge in [-0.15, -0.1) is 0 Å². The predicted octanol–water partition coefficient (Wildman–Crippen LogP) is 4.16. The quantitative estimate of drug-likeness (QED) is 0.765. The van der Waals surface area contributed by atoms with E-state index in [0.717, 1.165) is 39.0 Å². The fourth-order valence-corrected chi connectivity index (χ4v) is 3.14. The molecule has 1 N–H and O–H groups in total. The Hall–Kier alpha value is -2.99. The highest BCUT2D eigenvalue weighted by Gasteiger charge is 2.23. The topological polar surface area (TPSA) is 67.2 Å². The smallest absolute Gasteiger partial charge is 0.289 e. The van der Waals surface area contributed by atoms with Gasteiger partial charge in [0.25, 0.3) is 5.24 Å². The molecule has 1 aliphatic heterocycles. The molecule has 0 atom stereocenters. The molecule has 3 aromatic rings. The van der Waals surface area contributed by atoms with E-state index in [4.69, 9.17) is 0 Å². The monoisotopic (exact) mass is 332 g/mol. The van der Waals surface area contributed by atoms with Crippen molar-refractivity contribution in [2.24, 2.45) is 4.99 Å². The van der Waals surface area contributed by atoms with Crippen LogP contribution in [-0.2, 0) is 0 Å². The summed E-state index contributed by atoms with van der Waals surface area (Å²) in [5.41, 5.74) is 3.31. The molecule has 5 nitrogen and oxygen atoms in total. The van der Waals surface area contributed by atoms with Crippen molar-refractivity contribution in [3.63, 3.8) is 0 Å². The summed E-state index contributed by atoms with van der Waals surface area (Å²) in [6, 6.07) is 15.3. The molecule has 2 aromatic carbocycles. The summed E-state index contributed by atoms with van der Waals surface area (Å²) in [6.45, 7) is 0. The van der Waals surface area contributed by atoms with E-state index in [-0.39, 0.29) is 5.24 Å². The van der Waals surface area contributed by atoms with Gasteiger partial charge in [0, 0.05) is 18.0 Å². The first-order valence-corrected chi connectivity index (χ1v) is 8.16. The van der Waals surface area contributed by atoms with Crippen LogP contribution in [0, 0.1) is 0 Å². The van der Waals surface area contributed by atoms with E-state index < -0.39 is 0 Å². The summed E-state index contributed by atoms with van der Waals surface area (Å²) in [5.74, 6) is 0.553. The van der Waals surface area contributed by atoms with E-state index >= 15 is 0 Å². The van der Waals surface area contributed by atoms with E-state index in [1.807, 2.05) is 54.6 Å². The van der Waals surface area contributed by atoms with Crippen LogP contribution >= 0.6 is 11.8 Å². The molecule has 1 saturated heterocycles. The number of aromatic nitrogens is 2. The molecule has 24 heavy (non-hydrogen) atoms. The number of amidine groups is 1. The number of benzene rings is 2. The normalized spacial score (nSPS) is 17.6. The summed E-state index contributed by atoms with van der Waals surface area (Å²) >= 11 is 1.13. The van der Waals surface area contributed by atoms with Crippen molar-refractivity contribution in [3.8, 4) is 0 Å². The summed E-state index contributed by atoms with van der Waals surface area (Å²) in [4.78, 5) is 25.8. The molecule has 116 valence electrons. The number of nitrogens with one attached hydrogen (secondary N) is 1. The Labute approximate surface area is 142 Å². The van der Waals surface area contributed by atoms with Crippen molar-refractivity contribution in [1.82, 2.24) is 15.3 Å². The number of carbonyl (C=O) groups excluding carboxylic acids is 1. The molecule has 0 radical (unpaired) electrons. The van der Waals surface area contributed by atoms with E-state index in [0.29, 0.717) is 5.84 Å². The third kappa shape index (κ3) is 2.91. The van der Waals surface area contributed by atoms with Crippen LogP contribution in [-0.4, -0.2) is 21.0 Å². The van der Waals surface area contributed by atoms with Crippen molar-refractivity contribution in [2.45, 2.75) is 0 Å². The lowest BCUT2D eigenvalue weighted by molar-refractivity contribution is 0.265. The average Bonchev–Trinajstić information content (AvgIpc) is 2.95. The molecule has 1 aliphatic rings.